The Morgan fingerprint density at radius 1 is 0.520 bits per heavy atom. The number of rotatable bonds is 2. The van der Waals surface area contributed by atoms with Crippen LogP contribution in [0.4, 0.5) is 0 Å². The second-order valence-corrected chi connectivity index (χ2v) is 6.98. The summed E-state index contributed by atoms with van der Waals surface area (Å²) in [7, 11) is 0. The monoisotopic (exact) mass is 410 g/mol. The van der Waals surface area contributed by atoms with E-state index in [0.29, 0.717) is 0 Å². The molecule has 0 radical (unpaired) electrons. The van der Waals surface area contributed by atoms with Crippen molar-refractivity contribution in [3.63, 3.8) is 0 Å². The molecule has 3 aromatic rings. The number of ether oxygens (including phenoxy) is 2. The average molecular weight is 412 g/mol. The van der Waals surface area contributed by atoms with Crippen molar-refractivity contribution >= 4 is 46.4 Å². The van der Waals surface area contributed by atoms with Crippen LogP contribution in [0.3, 0.4) is 0 Å². The predicted octanol–water partition coefficient (Wildman–Crippen LogP) is 6.97. The molecule has 0 atom stereocenters. The van der Waals surface area contributed by atoms with Crippen LogP contribution in [0.5, 0.6) is 11.5 Å². The van der Waals surface area contributed by atoms with Crippen molar-refractivity contribution in [2.45, 2.75) is 5.79 Å². The van der Waals surface area contributed by atoms with Crippen molar-refractivity contribution in [2.75, 3.05) is 0 Å². The van der Waals surface area contributed by atoms with Crippen LogP contribution in [0.25, 0.3) is 0 Å². The van der Waals surface area contributed by atoms with Gasteiger partial charge in [-0.2, -0.15) is 0 Å². The smallest absolute Gasteiger partial charge is 0.305 e. The fourth-order valence-corrected chi connectivity index (χ4v) is 3.69. The molecular formula is C19H10Cl4O2. The summed E-state index contributed by atoms with van der Waals surface area (Å²) in [6.07, 6.45) is 0. The first-order chi connectivity index (χ1) is 12.0. The Kier molecular flexibility index (Phi) is 4.25. The minimum atomic E-state index is -1.23. The summed E-state index contributed by atoms with van der Waals surface area (Å²) >= 11 is 25.0. The van der Waals surface area contributed by atoms with E-state index in [1.165, 1.54) is 0 Å². The largest absolute Gasteiger partial charge is 0.439 e. The predicted molar refractivity (Wildman–Crippen MR) is 101 cm³/mol. The number of fused-ring (bicyclic) bond motifs is 1. The van der Waals surface area contributed by atoms with Gasteiger partial charge >= 0.3 is 5.79 Å². The molecule has 0 saturated heterocycles. The average Bonchev–Trinajstić information content (AvgIpc) is 3.08. The summed E-state index contributed by atoms with van der Waals surface area (Å²) in [5.41, 5.74) is 1.58. The number of halogens is 4. The van der Waals surface area contributed by atoms with Crippen molar-refractivity contribution in [3.05, 3.63) is 91.9 Å². The molecule has 0 unspecified atom stereocenters. The van der Waals surface area contributed by atoms with Gasteiger partial charge in [0.25, 0.3) is 0 Å². The van der Waals surface area contributed by atoms with Crippen molar-refractivity contribution in [1.29, 1.82) is 0 Å². The summed E-state index contributed by atoms with van der Waals surface area (Å²) < 4.78 is 12.5. The van der Waals surface area contributed by atoms with Gasteiger partial charge in [-0.05, 0) is 0 Å². The second kappa shape index (κ2) is 6.30. The summed E-state index contributed by atoms with van der Waals surface area (Å²) in [5, 5.41) is 0.597. The lowest BCUT2D eigenvalue weighted by Gasteiger charge is -2.28. The molecule has 0 amide bonds. The third-order valence-electron chi connectivity index (χ3n) is 3.98. The second-order valence-electron chi connectivity index (χ2n) is 5.47. The fraction of sp³-hybridized carbons (Fsp3) is 0.0526. The lowest BCUT2D eigenvalue weighted by Crippen LogP contribution is -2.36. The van der Waals surface area contributed by atoms with E-state index >= 15 is 0 Å². The van der Waals surface area contributed by atoms with E-state index in [-0.39, 0.29) is 31.6 Å². The quantitative estimate of drug-likeness (QED) is 0.334. The molecule has 6 heteroatoms. The number of benzene rings is 3. The van der Waals surface area contributed by atoms with Crippen molar-refractivity contribution in [2.24, 2.45) is 0 Å². The Balaban J connectivity index is 1.97. The zero-order valence-electron chi connectivity index (χ0n) is 12.6. The molecular weight excluding hydrogens is 402 g/mol. The van der Waals surface area contributed by atoms with Gasteiger partial charge in [0, 0.05) is 11.1 Å². The number of hydrogen-bond donors (Lipinski definition) is 0. The lowest BCUT2D eigenvalue weighted by atomic mass is 9.97. The Morgan fingerprint density at radius 2 is 0.880 bits per heavy atom. The Labute approximate surface area is 164 Å². The summed E-state index contributed by atoms with van der Waals surface area (Å²) in [5.74, 6) is -0.686. The van der Waals surface area contributed by atoms with Crippen LogP contribution in [-0.2, 0) is 5.79 Å². The molecule has 25 heavy (non-hydrogen) atoms. The van der Waals surface area contributed by atoms with Gasteiger partial charge in [0.05, 0.1) is 10.0 Å². The molecule has 1 heterocycles. The van der Waals surface area contributed by atoms with E-state index < -0.39 is 5.79 Å². The van der Waals surface area contributed by atoms with Crippen LogP contribution in [0.15, 0.2) is 60.7 Å². The third-order valence-corrected chi connectivity index (χ3v) is 5.75. The summed E-state index contributed by atoms with van der Waals surface area (Å²) in [6.45, 7) is 0. The molecule has 1 aliphatic heterocycles. The van der Waals surface area contributed by atoms with Crippen LogP contribution < -0.4 is 9.47 Å². The topological polar surface area (TPSA) is 18.5 Å². The molecule has 126 valence electrons. The highest BCUT2D eigenvalue weighted by atomic mass is 35.5. The van der Waals surface area contributed by atoms with Crippen LogP contribution in [-0.4, -0.2) is 0 Å². The molecule has 4 rings (SSSR count). The SMILES string of the molecule is Clc1c(Cl)c(Cl)c2c(c1Cl)OC(c1ccccc1)(c1ccccc1)O2. The standard InChI is InChI=1S/C19H10Cl4O2/c20-13-14(21)16(23)18-17(15(13)22)24-19(25-18,11-7-3-1-4-8-11)12-9-5-2-6-10-12/h1-10H. The van der Waals surface area contributed by atoms with Gasteiger partial charge in [0.2, 0.25) is 0 Å². The van der Waals surface area contributed by atoms with Gasteiger partial charge in [0.15, 0.2) is 11.5 Å². The first-order valence-electron chi connectivity index (χ1n) is 7.39. The lowest BCUT2D eigenvalue weighted by molar-refractivity contribution is -0.0458. The van der Waals surface area contributed by atoms with Crippen molar-refractivity contribution in [3.8, 4) is 11.5 Å². The third kappa shape index (κ3) is 2.56. The highest BCUT2D eigenvalue weighted by Crippen LogP contribution is 2.58. The minimum Gasteiger partial charge on any atom is -0.439 e. The highest BCUT2D eigenvalue weighted by molar-refractivity contribution is 6.53. The van der Waals surface area contributed by atoms with E-state index in [2.05, 4.69) is 0 Å². The van der Waals surface area contributed by atoms with Crippen LogP contribution in [0.1, 0.15) is 11.1 Å². The summed E-state index contributed by atoms with van der Waals surface area (Å²) in [6, 6.07) is 19.1. The van der Waals surface area contributed by atoms with E-state index in [1.54, 1.807) is 0 Å². The molecule has 0 N–H and O–H groups in total. The van der Waals surface area contributed by atoms with E-state index in [1.807, 2.05) is 60.7 Å². The van der Waals surface area contributed by atoms with Gasteiger partial charge in [-0.15, -0.1) is 0 Å². The molecule has 0 fully saturated rings. The van der Waals surface area contributed by atoms with Gasteiger partial charge in [-0.1, -0.05) is 107 Å². The van der Waals surface area contributed by atoms with Crippen LogP contribution >= 0.6 is 46.4 Å². The molecule has 3 aromatic carbocycles. The molecule has 0 spiro atoms. The van der Waals surface area contributed by atoms with Gasteiger partial charge in [-0.3, -0.25) is 0 Å². The molecule has 0 saturated carbocycles. The Hall–Kier alpha value is -1.58. The molecule has 0 aromatic heterocycles. The maximum absolute atomic E-state index is 6.34. The normalized spacial score (nSPS) is 14.6. The van der Waals surface area contributed by atoms with Crippen LogP contribution in [0.2, 0.25) is 20.1 Å². The Bertz CT molecular complexity index is 864. The van der Waals surface area contributed by atoms with E-state index in [9.17, 15) is 0 Å². The van der Waals surface area contributed by atoms with E-state index in [4.69, 9.17) is 55.9 Å². The fourth-order valence-electron chi connectivity index (χ4n) is 2.80. The van der Waals surface area contributed by atoms with Gasteiger partial charge in [0.1, 0.15) is 10.0 Å². The first-order valence-corrected chi connectivity index (χ1v) is 8.91. The van der Waals surface area contributed by atoms with Crippen LogP contribution in [0, 0.1) is 0 Å². The zero-order chi connectivity index (χ0) is 17.6. The molecule has 2 nitrogen and oxygen atoms in total. The zero-order valence-corrected chi connectivity index (χ0v) is 15.6. The maximum Gasteiger partial charge on any atom is 0.305 e. The van der Waals surface area contributed by atoms with E-state index in [0.717, 1.165) is 11.1 Å². The Morgan fingerprint density at radius 3 is 1.24 bits per heavy atom. The van der Waals surface area contributed by atoms with Gasteiger partial charge in [-0.25, -0.2) is 0 Å². The minimum absolute atomic E-state index is 0.132. The molecule has 1 aliphatic rings. The molecule has 0 aliphatic carbocycles. The summed E-state index contributed by atoms with van der Waals surface area (Å²) in [4.78, 5) is 0. The highest BCUT2D eigenvalue weighted by Gasteiger charge is 2.48. The van der Waals surface area contributed by atoms with Crippen molar-refractivity contribution < 1.29 is 9.47 Å². The first kappa shape index (κ1) is 16.9. The maximum atomic E-state index is 6.34. The van der Waals surface area contributed by atoms with Crippen molar-refractivity contribution in [1.82, 2.24) is 0 Å². The van der Waals surface area contributed by atoms with Gasteiger partial charge < -0.3 is 9.47 Å². The number of hydrogen-bond acceptors (Lipinski definition) is 2. The molecule has 0 bridgehead atoms.